The van der Waals surface area contributed by atoms with Crippen LogP contribution >= 0.6 is 11.3 Å². The monoisotopic (exact) mass is 378 g/mol. The van der Waals surface area contributed by atoms with Crippen molar-refractivity contribution in [2.45, 2.75) is 25.8 Å². The van der Waals surface area contributed by atoms with Gasteiger partial charge >= 0.3 is 0 Å². The molecule has 1 aromatic carbocycles. The van der Waals surface area contributed by atoms with Crippen LogP contribution in [0.2, 0.25) is 0 Å². The molecule has 6 nitrogen and oxygen atoms in total. The Bertz CT molecular complexity index is 1240. The fourth-order valence-electron chi connectivity index (χ4n) is 3.32. The van der Waals surface area contributed by atoms with Crippen LogP contribution < -0.4 is 15.6 Å². The summed E-state index contributed by atoms with van der Waals surface area (Å²) < 4.78 is 7.48. The van der Waals surface area contributed by atoms with E-state index in [1.807, 2.05) is 31.2 Å². The smallest absolute Gasteiger partial charge is 0.275 e. The van der Waals surface area contributed by atoms with Gasteiger partial charge < -0.3 is 10.1 Å². The second kappa shape index (κ2) is 6.06. The number of thiophene rings is 1. The lowest BCUT2D eigenvalue weighted by atomic mass is 10.2. The zero-order chi connectivity index (χ0) is 18.5. The zero-order valence-electron chi connectivity index (χ0n) is 15.0. The number of benzene rings is 1. The van der Waals surface area contributed by atoms with Crippen molar-refractivity contribution in [2.75, 3.05) is 12.4 Å². The molecule has 0 aliphatic heterocycles. The topological polar surface area (TPSA) is 69.0 Å². The number of aromatic nitrogens is 3. The Morgan fingerprint density at radius 2 is 2.11 bits per heavy atom. The van der Waals surface area contributed by atoms with E-state index in [0.717, 1.165) is 38.4 Å². The van der Waals surface area contributed by atoms with Crippen LogP contribution in [-0.4, -0.2) is 27.7 Å². The van der Waals surface area contributed by atoms with Gasteiger partial charge in [0, 0.05) is 17.9 Å². The van der Waals surface area contributed by atoms with E-state index in [-0.39, 0.29) is 5.56 Å². The van der Waals surface area contributed by atoms with Crippen LogP contribution in [-0.2, 0) is 0 Å². The van der Waals surface area contributed by atoms with Crippen LogP contribution in [0, 0.1) is 6.92 Å². The standard InChI is InChI=1S/C20H18N4O2S/c1-11-9-13(26-2)5-6-15(11)24-10-22-17-16-14(23-12-3-4-12)7-8-21-19(16)27-18(17)20(24)25/h5-10,12H,3-4H2,1-2H3,(H,21,23). The highest BCUT2D eigenvalue weighted by molar-refractivity contribution is 7.25. The molecule has 1 saturated carbocycles. The van der Waals surface area contributed by atoms with Gasteiger partial charge in [0.2, 0.25) is 0 Å². The summed E-state index contributed by atoms with van der Waals surface area (Å²) in [7, 11) is 1.63. The average Bonchev–Trinajstić information content (AvgIpc) is 3.40. The van der Waals surface area contributed by atoms with E-state index in [0.29, 0.717) is 10.7 Å². The molecular formula is C20H18N4O2S. The summed E-state index contributed by atoms with van der Waals surface area (Å²) in [6, 6.07) is 8.13. The molecule has 27 heavy (non-hydrogen) atoms. The van der Waals surface area contributed by atoms with Crippen LogP contribution in [0.1, 0.15) is 18.4 Å². The number of hydrogen-bond acceptors (Lipinski definition) is 6. The number of nitrogens with zero attached hydrogens (tertiary/aromatic N) is 3. The summed E-state index contributed by atoms with van der Waals surface area (Å²) in [6.45, 7) is 1.96. The number of anilines is 1. The third-order valence-electron chi connectivity index (χ3n) is 4.88. The second-order valence-electron chi connectivity index (χ2n) is 6.81. The lowest BCUT2D eigenvalue weighted by Gasteiger charge is -2.10. The predicted molar refractivity (Wildman–Crippen MR) is 108 cm³/mol. The maximum atomic E-state index is 13.2. The van der Waals surface area contributed by atoms with Gasteiger partial charge in [0.25, 0.3) is 5.56 Å². The quantitative estimate of drug-likeness (QED) is 0.583. The van der Waals surface area contributed by atoms with Crippen molar-refractivity contribution in [3.05, 3.63) is 52.7 Å². The Morgan fingerprint density at radius 3 is 2.85 bits per heavy atom. The van der Waals surface area contributed by atoms with Gasteiger partial charge in [-0.25, -0.2) is 9.97 Å². The molecule has 1 aliphatic carbocycles. The molecule has 3 aromatic heterocycles. The first-order chi connectivity index (χ1) is 13.2. The molecule has 0 bridgehead atoms. The summed E-state index contributed by atoms with van der Waals surface area (Å²) in [5.41, 5.74) is 3.41. The van der Waals surface area contributed by atoms with Gasteiger partial charge in [-0.3, -0.25) is 9.36 Å². The van der Waals surface area contributed by atoms with Gasteiger partial charge in [-0.2, -0.15) is 0 Å². The third kappa shape index (κ3) is 2.66. The minimum Gasteiger partial charge on any atom is -0.497 e. The number of hydrogen-bond donors (Lipinski definition) is 1. The van der Waals surface area contributed by atoms with Gasteiger partial charge in [-0.15, -0.1) is 11.3 Å². The van der Waals surface area contributed by atoms with Crippen LogP contribution in [0.4, 0.5) is 5.69 Å². The predicted octanol–water partition coefficient (Wildman–Crippen LogP) is 3.89. The number of rotatable bonds is 4. The number of pyridine rings is 1. The third-order valence-corrected chi connectivity index (χ3v) is 5.96. The molecule has 7 heteroatoms. The Morgan fingerprint density at radius 1 is 1.26 bits per heavy atom. The van der Waals surface area contributed by atoms with Crippen LogP contribution in [0.5, 0.6) is 5.75 Å². The number of ether oxygens (including phenoxy) is 1. The van der Waals surface area contributed by atoms with E-state index in [4.69, 9.17) is 4.74 Å². The molecule has 1 N–H and O–H groups in total. The molecule has 0 spiro atoms. The van der Waals surface area contributed by atoms with Crippen molar-refractivity contribution in [2.24, 2.45) is 0 Å². The molecular weight excluding hydrogens is 360 g/mol. The van der Waals surface area contributed by atoms with Crippen molar-refractivity contribution < 1.29 is 4.74 Å². The largest absolute Gasteiger partial charge is 0.497 e. The van der Waals surface area contributed by atoms with Crippen molar-refractivity contribution in [1.82, 2.24) is 14.5 Å². The Kier molecular flexibility index (Phi) is 3.65. The lowest BCUT2D eigenvalue weighted by molar-refractivity contribution is 0.414. The fraction of sp³-hybridized carbons (Fsp3) is 0.250. The Labute approximate surface area is 159 Å². The summed E-state index contributed by atoms with van der Waals surface area (Å²) in [4.78, 5) is 23.1. The minimum absolute atomic E-state index is 0.0753. The second-order valence-corrected chi connectivity index (χ2v) is 7.81. The molecule has 0 unspecified atom stereocenters. The Balaban J connectivity index is 1.72. The van der Waals surface area contributed by atoms with Gasteiger partial charge in [0.15, 0.2) is 0 Å². The lowest BCUT2D eigenvalue weighted by Crippen LogP contribution is -2.18. The van der Waals surface area contributed by atoms with Crippen molar-refractivity contribution in [1.29, 1.82) is 0 Å². The molecule has 0 atom stereocenters. The van der Waals surface area contributed by atoms with E-state index in [2.05, 4.69) is 15.3 Å². The molecule has 0 amide bonds. The highest BCUT2D eigenvalue weighted by Gasteiger charge is 2.23. The molecule has 1 fully saturated rings. The van der Waals surface area contributed by atoms with Gasteiger partial charge in [-0.05, 0) is 49.6 Å². The van der Waals surface area contributed by atoms with E-state index < -0.39 is 0 Å². The first kappa shape index (κ1) is 16.3. The maximum Gasteiger partial charge on any atom is 0.275 e. The van der Waals surface area contributed by atoms with Crippen LogP contribution in [0.3, 0.4) is 0 Å². The molecule has 4 aromatic rings. The van der Waals surface area contributed by atoms with E-state index in [1.165, 1.54) is 24.2 Å². The summed E-state index contributed by atoms with van der Waals surface area (Å²) in [5, 5.41) is 4.47. The Hall–Kier alpha value is -2.93. The number of aryl methyl sites for hydroxylation is 1. The summed E-state index contributed by atoms with van der Waals surface area (Å²) >= 11 is 1.40. The van der Waals surface area contributed by atoms with E-state index in [1.54, 1.807) is 24.2 Å². The van der Waals surface area contributed by atoms with Gasteiger partial charge in [-0.1, -0.05) is 0 Å². The molecule has 0 radical (unpaired) electrons. The molecule has 3 heterocycles. The number of nitrogens with one attached hydrogen (secondary N) is 1. The van der Waals surface area contributed by atoms with E-state index >= 15 is 0 Å². The van der Waals surface area contributed by atoms with Crippen LogP contribution in [0.15, 0.2) is 41.6 Å². The molecule has 136 valence electrons. The fourth-order valence-corrected chi connectivity index (χ4v) is 4.37. The number of fused-ring (bicyclic) bond motifs is 3. The van der Waals surface area contributed by atoms with Crippen molar-refractivity contribution in [3.63, 3.8) is 0 Å². The maximum absolute atomic E-state index is 13.2. The molecule has 1 aliphatic rings. The zero-order valence-corrected chi connectivity index (χ0v) is 15.8. The first-order valence-corrected chi connectivity index (χ1v) is 9.68. The van der Waals surface area contributed by atoms with Crippen LogP contribution in [0.25, 0.3) is 26.1 Å². The summed E-state index contributed by atoms with van der Waals surface area (Å²) in [6.07, 6.45) is 5.76. The normalized spacial score (nSPS) is 14.0. The van der Waals surface area contributed by atoms with E-state index in [9.17, 15) is 4.79 Å². The number of methoxy groups -OCH3 is 1. The summed E-state index contributed by atoms with van der Waals surface area (Å²) in [5.74, 6) is 0.764. The van der Waals surface area contributed by atoms with Crippen molar-refractivity contribution in [3.8, 4) is 11.4 Å². The van der Waals surface area contributed by atoms with Crippen molar-refractivity contribution >= 4 is 37.5 Å². The highest BCUT2D eigenvalue weighted by atomic mass is 32.1. The molecule has 5 rings (SSSR count). The molecule has 0 saturated heterocycles. The van der Waals surface area contributed by atoms with Gasteiger partial charge in [0.1, 0.15) is 21.6 Å². The minimum atomic E-state index is -0.0753. The highest BCUT2D eigenvalue weighted by Crippen LogP contribution is 2.36. The first-order valence-electron chi connectivity index (χ1n) is 8.86. The SMILES string of the molecule is COc1ccc(-n2cnc3c(sc4nccc(NC5CC5)c43)c2=O)c(C)c1. The average molecular weight is 378 g/mol. The van der Waals surface area contributed by atoms with Gasteiger partial charge in [0.05, 0.1) is 23.7 Å².